The van der Waals surface area contributed by atoms with Crippen LogP contribution in [0.4, 0.5) is 0 Å². The van der Waals surface area contributed by atoms with Gasteiger partial charge in [0.1, 0.15) is 0 Å². The number of carbonyl (C=O) groups excluding carboxylic acids is 1. The van der Waals surface area contributed by atoms with Crippen LogP contribution in [0, 0.1) is 0 Å². The summed E-state index contributed by atoms with van der Waals surface area (Å²) < 4.78 is 5.60. The maximum atomic E-state index is 12.8. The highest BCUT2D eigenvalue weighted by Crippen LogP contribution is 2.34. The Morgan fingerprint density at radius 1 is 0.935 bits per heavy atom. The van der Waals surface area contributed by atoms with Gasteiger partial charge in [-0.2, -0.15) is 0 Å². The van der Waals surface area contributed by atoms with Crippen molar-refractivity contribution in [3.8, 4) is 0 Å². The fourth-order valence-corrected chi connectivity index (χ4v) is 4.23. The van der Waals surface area contributed by atoms with Gasteiger partial charge in [-0.3, -0.25) is 15.1 Å². The third kappa shape index (κ3) is 5.37. The van der Waals surface area contributed by atoms with E-state index < -0.39 is 0 Å². The molecular weight excluding hydrogens is 386 g/mol. The SMILES string of the molecule is O=C(CNC(c1ccccc1)c1ccccn1)NCC1(c2ccccc2)CCOCC1. The minimum Gasteiger partial charge on any atom is -0.381 e. The van der Waals surface area contributed by atoms with Gasteiger partial charge in [0.05, 0.1) is 18.3 Å². The standard InChI is InChI=1S/C26H29N3O2/c30-24(29-20-26(14-17-31-18-15-26)22-11-5-2-6-12-22)19-28-25(21-9-3-1-4-10-21)23-13-7-8-16-27-23/h1-13,16,25,28H,14-15,17-20H2,(H,29,30). The van der Waals surface area contributed by atoms with E-state index >= 15 is 0 Å². The van der Waals surface area contributed by atoms with Gasteiger partial charge in [-0.05, 0) is 36.1 Å². The Balaban J connectivity index is 1.41. The molecule has 1 atom stereocenters. The van der Waals surface area contributed by atoms with Crippen LogP contribution in [-0.4, -0.2) is 37.2 Å². The number of hydrogen-bond donors (Lipinski definition) is 2. The average Bonchev–Trinajstić information content (AvgIpc) is 2.85. The number of hydrogen-bond acceptors (Lipinski definition) is 4. The largest absolute Gasteiger partial charge is 0.381 e. The first-order valence-corrected chi connectivity index (χ1v) is 10.9. The molecule has 31 heavy (non-hydrogen) atoms. The molecule has 160 valence electrons. The average molecular weight is 416 g/mol. The van der Waals surface area contributed by atoms with Crippen LogP contribution in [0.15, 0.2) is 85.1 Å². The summed E-state index contributed by atoms with van der Waals surface area (Å²) in [6.45, 7) is 2.27. The number of aromatic nitrogens is 1. The van der Waals surface area contributed by atoms with Crippen LogP contribution >= 0.6 is 0 Å². The van der Waals surface area contributed by atoms with Gasteiger partial charge in [0.25, 0.3) is 0 Å². The second-order valence-corrected chi connectivity index (χ2v) is 8.01. The first-order valence-electron chi connectivity index (χ1n) is 10.9. The van der Waals surface area contributed by atoms with Crippen molar-refractivity contribution in [3.63, 3.8) is 0 Å². The highest BCUT2D eigenvalue weighted by atomic mass is 16.5. The fraction of sp³-hybridized carbons (Fsp3) is 0.308. The Bertz CT molecular complexity index is 903. The van der Waals surface area contributed by atoms with E-state index in [4.69, 9.17) is 4.74 Å². The van der Waals surface area contributed by atoms with Gasteiger partial charge < -0.3 is 10.1 Å². The van der Waals surface area contributed by atoms with Crippen LogP contribution in [0.3, 0.4) is 0 Å². The molecule has 0 radical (unpaired) electrons. The number of benzene rings is 2. The van der Waals surface area contributed by atoms with Crippen LogP contribution in [0.2, 0.25) is 0 Å². The number of carbonyl (C=O) groups is 1. The van der Waals surface area contributed by atoms with Gasteiger partial charge in [0, 0.05) is 31.4 Å². The molecule has 2 aromatic carbocycles. The quantitative estimate of drug-likeness (QED) is 0.590. The number of nitrogens with zero attached hydrogens (tertiary/aromatic N) is 1. The van der Waals surface area contributed by atoms with Gasteiger partial charge >= 0.3 is 0 Å². The summed E-state index contributed by atoms with van der Waals surface area (Å²) in [7, 11) is 0. The Hall–Kier alpha value is -3.02. The predicted octanol–water partition coefficient (Wildman–Crippen LogP) is 3.63. The summed E-state index contributed by atoms with van der Waals surface area (Å²) in [4.78, 5) is 17.3. The van der Waals surface area contributed by atoms with Crippen LogP contribution in [0.25, 0.3) is 0 Å². The second kappa shape index (κ2) is 10.3. The summed E-state index contributed by atoms with van der Waals surface area (Å²) in [5, 5.41) is 6.57. The van der Waals surface area contributed by atoms with Crippen molar-refractivity contribution in [1.82, 2.24) is 15.6 Å². The van der Waals surface area contributed by atoms with E-state index in [-0.39, 0.29) is 23.9 Å². The molecule has 2 N–H and O–H groups in total. The maximum absolute atomic E-state index is 12.8. The normalized spacial score (nSPS) is 16.4. The number of amides is 1. The zero-order valence-electron chi connectivity index (χ0n) is 17.7. The summed E-state index contributed by atoms with van der Waals surface area (Å²) in [6.07, 6.45) is 3.60. The van der Waals surface area contributed by atoms with Crippen LogP contribution in [0.5, 0.6) is 0 Å². The smallest absolute Gasteiger partial charge is 0.234 e. The highest BCUT2D eigenvalue weighted by Gasteiger charge is 2.34. The van der Waals surface area contributed by atoms with Crippen molar-refractivity contribution < 1.29 is 9.53 Å². The molecule has 0 aliphatic carbocycles. The van der Waals surface area contributed by atoms with Gasteiger partial charge in [-0.15, -0.1) is 0 Å². The lowest BCUT2D eigenvalue weighted by Gasteiger charge is -2.38. The van der Waals surface area contributed by atoms with E-state index in [0.717, 1.165) is 37.3 Å². The Kier molecular flexibility index (Phi) is 7.07. The number of ether oxygens (including phenoxy) is 1. The maximum Gasteiger partial charge on any atom is 0.234 e. The topological polar surface area (TPSA) is 63.2 Å². The minimum atomic E-state index is -0.140. The van der Waals surface area contributed by atoms with Crippen molar-refractivity contribution in [2.24, 2.45) is 0 Å². The number of rotatable bonds is 8. The minimum absolute atomic E-state index is 0.0151. The Morgan fingerprint density at radius 3 is 2.29 bits per heavy atom. The molecule has 1 aromatic heterocycles. The van der Waals surface area contributed by atoms with Crippen LogP contribution < -0.4 is 10.6 Å². The van der Waals surface area contributed by atoms with Crippen molar-refractivity contribution in [3.05, 3.63) is 102 Å². The molecule has 1 aliphatic rings. The molecule has 2 heterocycles. The fourth-order valence-electron chi connectivity index (χ4n) is 4.23. The Morgan fingerprint density at radius 2 is 1.61 bits per heavy atom. The number of pyridine rings is 1. The molecule has 1 saturated heterocycles. The van der Waals surface area contributed by atoms with Gasteiger partial charge in [-0.25, -0.2) is 0 Å². The Labute approximate surface area is 183 Å². The summed E-state index contributed by atoms with van der Waals surface area (Å²) in [5.41, 5.74) is 3.17. The molecule has 0 spiro atoms. The molecule has 5 nitrogen and oxygen atoms in total. The summed E-state index contributed by atoms with van der Waals surface area (Å²) in [5.74, 6) is -0.0151. The van der Waals surface area contributed by atoms with E-state index in [0.29, 0.717) is 6.54 Å². The van der Waals surface area contributed by atoms with Gasteiger partial charge in [0.15, 0.2) is 0 Å². The van der Waals surface area contributed by atoms with Crippen LogP contribution in [0.1, 0.15) is 35.7 Å². The van der Waals surface area contributed by atoms with Crippen molar-refractivity contribution in [1.29, 1.82) is 0 Å². The molecule has 1 unspecified atom stereocenters. The predicted molar refractivity (Wildman–Crippen MR) is 122 cm³/mol. The molecule has 1 fully saturated rings. The lowest BCUT2D eigenvalue weighted by Crippen LogP contribution is -2.46. The monoisotopic (exact) mass is 415 g/mol. The third-order valence-corrected chi connectivity index (χ3v) is 6.04. The molecule has 0 bridgehead atoms. The van der Waals surface area contributed by atoms with Gasteiger partial charge in [0.2, 0.25) is 5.91 Å². The molecule has 5 heteroatoms. The van der Waals surface area contributed by atoms with Crippen molar-refractivity contribution in [2.45, 2.75) is 24.3 Å². The number of nitrogens with one attached hydrogen (secondary N) is 2. The van der Waals surface area contributed by atoms with Crippen molar-refractivity contribution >= 4 is 5.91 Å². The van der Waals surface area contributed by atoms with E-state index in [1.165, 1.54) is 5.56 Å². The van der Waals surface area contributed by atoms with E-state index in [2.05, 4.69) is 52.0 Å². The zero-order chi connectivity index (χ0) is 21.4. The molecular formula is C26H29N3O2. The first-order chi connectivity index (χ1) is 15.3. The van der Waals surface area contributed by atoms with Crippen molar-refractivity contribution in [2.75, 3.05) is 26.3 Å². The third-order valence-electron chi connectivity index (χ3n) is 6.04. The molecule has 4 rings (SSSR count). The van der Waals surface area contributed by atoms with Gasteiger partial charge in [-0.1, -0.05) is 66.7 Å². The molecule has 3 aromatic rings. The second-order valence-electron chi connectivity index (χ2n) is 8.01. The zero-order valence-corrected chi connectivity index (χ0v) is 17.7. The molecule has 1 amide bonds. The summed E-state index contributed by atoms with van der Waals surface area (Å²) in [6, 6.07) is 26.3. The van der Waals surface area contributed by atoms with E-state index in [1.54, 1.807) is 6.20 Å². The summed E-state index contributed by atoms with van der Waals surface area (Å²) >= 11 is 0. The van der Waals surface area contributed by atoms with Crippen LogP contribution in [-0.2, 0) is 14.9 Å². The first kappa shape index (κ1) is 21.2. The highest BCUT2D eigenvalue weighted by molar-refractivity contribution is 5.78. The lowest BCUT2D eigenvalue weighted by molar-refractivity contribution is -0.120. The molecule has 0 saturated carbocycles. The molecule has 1 aliphatic heterocycles. The van der Waals surface area contributed by atoms with E-state index in [1.807, 2.05) is 42.5 Å². The lowest BCUT2D eigenvalue weighted by atomic mass is 9.74. The van der Waals surface area contributed by atoms with E-state index in [9.17, 15) is 4.79 Å².